The van der Waals surface area contributed by atoms with Crippen molar-refractivity contribution in [2.45, 2.75) is 55.9 Å². The highest BCUT2D eigenvalue weighted by molar-refractivity contribution is 8.00. The molecule has 160 valence electrons. The predicted octanol–water partition coefficient (Wildman–Crippen LogP) is 5.27. The SMILES string of the molecule is COc1ccc(NC(=O)c2ccccc2SCC(=O)NC2CCCCCCC2)cc1. The van der Waals surface area contributed by atoms with Gasteiger partial charge in [-0.25, -0.2) is 0 Å². The molecule has 2 N–H and O–H groups in total. The van der Waals surface area contributed by atoms with Crippen LogP contribution in [0.25, 0.3) is 0 Å². The van der Waals surface area contributed by atoms with E-state index in [4.69, 9.17) is 4.74 Å². The molecule has 0 saturated heterocycles. The van der Waals surface area contributed by atoms with Gasteiger partial charge in [-0.05, 0) is 49.2 Å². The van der Waals surface area contributed by atoms with E-state index < -0.39 is 0 Å². The molecule has 1 fully saturated rings. The fraction of sp³-hybridized carbons (Fsp3) is 0.417. The second-order valence-corrected chi connectivity index (χ2v) is 8.59. The summed E-state index contributed by atoms with van der Waals surface area (Å²) in [6, 6.07) is 14.9. The van der Waals surface area contributed by atoms with Crippen molar-refractivity contribution in [2.75, 3.05) is 18.2 Å². The molecule has 2 aromatic carbocycles. The molecule has 0 spiro atoms. The fourth-order valence-electron chi connectivity index (χ4n) is 3.67. The van der Waals surface area contributed by atoms with Crippen LogP contribution in [0.15, 0.2) is 53.4 Å². The van der Waals surface area contributed by atoms with Crippen LogP contribution in [0.4, 0.5) is 5.69 Å². The molecular formula is C24H30N2O3S. The van der Waals surface area contributed by atoms with Crippen molar-refractivity contribution in [3.05, 3.63) is 54.1 Å². The molecule has 2 amide bonds. The summed E-state index contributed by atoms with van der Waals surface area (Å²) in [5.74, 6) is 0.891. The Morgan fingerprint density at radius 3 is 2.33 bits per heavy atom. The van der Waals surface area contributed by atoms with Crippen LogP contribution in [0, 0.1) is 0 Å². The minimum atomic E-state index is -0.191. The van der Waals surface area contributed by atoms with E-state index in [1.807, 2.05) is 18.2 Å². The Morgan fingerprint density at radius 1 is 0.967 bits per heavy atom. The molecular weight excluding hydrogens is 396 g/mol. The number of methoxy groups -OCH3 is 1. The Bertz CT molecular complexity index is 831. The summed E-state index contributed by atoms with van der Waals surface area (Å²) < 4.78 is 5.15. The Kier molecular flexibility index (Phi) is 8.63. The molecule has 2 aromatic rings. The lowest BCUT2D eigenvalue weighted by atomic mass is 9.97. The topological polar surface area (TPSA) is 67.4 Å². The van der Waals surface area contributed by atoms with Crippen molar-refractivity contribution < 1.29 is 14.3 Å². The summed E-state index contributed by atoms with van der Waals surface area (Å²) in [5.41, 5.74) is 1.26. The van der Waals surface area contributed by atoms with Crippen molar-refractivity contribution >= 4 is 29.3 Å². The predicted molar refractivity (Wildman–Crippen MR) is 122 cm³/mol. The van der Waals surface area contributed by atoms with Crippen LogP contribution in [-0.4, -0.2) is 30.7 Å². The largest absolute Gasteiger partial charge is 0.497 e. The lowest BCUT2D eigenvalue weighted by molar-refractivity contribution is -0.119. The van der Waals surface area contributed by atoms with E-state index in [0.717, 1.165) is 23.5 Å². The number of thioether (sulfide) groups is 1. The van der Waals surface area contributed by atoms with Gasteiger partial charge >= 0.3 is 0 Å². The zero-order chi connectivity index (χ0) is 21.2. The zero-order valence-corrected chi connectivity index (χ0v) is 18.3. The van der Waals surface area contributed by atoms with Crippen LogP contribution >= 0.6 is 11.8 Å². The van der Waals surface area contributed by atoms with Crippen LogP contribution in [0.3, 0.4) is 0 Å². The van der Waals surface area contributed by atoms with E-state index in [-0.39, 0.29) is 17.9 Å². The first-order chi connectivity index (χ1) is 14.7. The van der Waals surface area contributed by atoms with Gasteiger partial charge in [-0.3, -0.25) is 9.59 Å². The molecule has 0 atom stereocenters. The Labute approximate surface area is 183 Å². The van der Waals surface area contributed by atoms with Crippen LogP contribution < -0.4 is 15.4 Å². The first-order valence-corrected chi connectivity index (χ1v) is 11.6. The minimum absolute atomic E-state index is 0.0379. The van der Waals surface area contributed by atoms with Gasteiger partial charge in [0.1, 0.15) is 5.75 Å². The normalized spacial score (nSPS) is 15.0. The number of rotatable bonds is 7. The van der Waals surface area contributed by atoms with Crippen molar-refractivity contribution in [1.29, 1.82) is 0 Å². The number of ether oxygens (including phenoxy) is 1. The van der Waals surface area contributed by atoms with E-state index >= 15 is 0 Å². The lowest BCUT2D eigenvalue weighted by Gasteiger charge is -2.21. The van der Waals surface area contributed by atoms with E-state index in [2.05, 4.69) is 10.6 Å². The summed E-state index contributed by atoms with van der Waals surface area (Å²) in [7, 11) is 1.61. The summed E-state index contributed by atoms with van der Waals surface area (Å²) in [5, 5.41) is 6.09. The molecule has 6 heteroatoms. The molecule has 0 radical (unpaired) electrons. The highest BCUT2D eigenvalue weighted by Gasteiger charge is 2.16. The minimum Gasteiger partial charge on any atom is -0.497 e. The molecule has 3 rings (SSSR count). The number of anilines is 1. The van der Waals surface area contributed by atoms with Crippen LogP contribution in [0.1, 0.15) is 55.3 Å². The molecule has 0 aromatic heterocycles. The van der Waals surface area contributed by atoms with Gasteiger partial charge in [0.05, 0.1) is 18.4 Å². The van der Waals surface area contributed by atoms with Crippen molar-refractivity contribution in [2.24, 2.45) is 0 Å². The van der Waals surface area contributed by atoms with Gasteiger partial charge in [-0.1, -0.05) is 44.2 Å². The summed E-state index contributed by atoms with van der Waals surface area (Å²) >= 11 is 1.41. The quantitative estimate of drug-likeness (QED) is 0.592. The van der Waals surface area contributed by atoms with Gasteiger partial charge < -0.3 is 15.4 Å². The van der Waals surface area contributed by atoms with E-state index in [1.165, 1.54) is 43.9 Å². The zero-order valence-electron chi connectivity index (χ0n) is 17.5. The van der Waals surface area contributed by atoms with Crippen molar-refractivity contribution in [3.8, 4) is 5.75 Å². The first-order valence-electron chi connectivity index (χ1n) is 10.6. The molecule has 1 aliphatic rings. The Hall–Kier alpha value is -2.47. The fourth-order valence-corrected chi connectivity index (χ4v) is 4.53. The highest BCUT2D eigenvalue weighted by atomic mass is 32.2. The van der Waals surface area contributed by atoms with E-state index in [9.17, 15) is 9.59 Å². The van der Waals surface area contributed by atoms with Crippen LogP contribution in [0.5, 0.6) is 5.75 Å². The second-order valence-electron chi connectivity index (χ2n) is 7.58. The van der Waals surface area contributed by atoms with Gasteiger partial charge in [0, 0.05) is 16.6 Å². The first kappa shape index (κ1) is 22.2. The Balaban J connectivity index is 1.56. The van der Waals surface area contributed by atoms with Crippen LogP contribution in [-0.2, 0) is 4.79 Å². The standard InChI is InChI=1S/C24H30N2O3S/c1-29-20-15-13-19(14-16-20)26-24(28)21-11-7-8-12-22(21)30-17-23(27)25-18-9-5-3-2-4-6-10-18/h7-8,11-16,18H,2-6,9-10,17H2,1H3,(H,25,27)(H,26,28). The molecule has 0 heterocycles. The molecule has 5 nitrogen and oxygen atoms in total. The summed E-state index contributed by atoms with van der Waals surface area (Å²) in [4.78, 5) is 26.0. The monoisotopic (exact) mass is 426 g/mol. The van der Waals surface area contributed by atoms with Gasteiger partial charge in [0.15, 0.2) is 0 Å². The summed E-state index contributed by atoms with van der Waals surface area (Å²) in [6.07, 6.45) is 8.34. The third-order valence-corrected chi connectivity index (χ3v) is 6.38. The average molecular weight is 427 g/mol. The van der Waals surface area contributed by atoms with E-state index in [1.54, 1.807) is 37.4 Å². The molecule has 30 heavy (non-hydrogen) atoms. The number of amides is 2. The van der Waals surface area contributed by atoms with Gasteiger partial charge in [0.25, 0.3) is 5.91 Å². The molecule has 0 bridgehead atoms. The van der Waals surface area contributed by atoms with Gasteiger partial charge in [0.2, 0.25) is 5.91 Å². The van der Waals surface area contributed by atoms with Crippen LogP contribution in [0.2, 0.25) is 0 Å². The third kappa shape index (κ3) is 6.80. The number of hydrogen-bond donors (Lipinski definition) is 2. The van der Waals surface area contributed by atoms with Gasteiger partial charge in [-0.15, -0.1) is 11.8 Å². The van der Waals surface area contributed by atoms with Gasteiger partial charge in [-0.2, -0.15) is 0 Å². The van der Waals surface area contributed by atoms with Crippen molar-refractivity contribution in [3.63, 3.8) is 0 Å². The lowest BCUT2D eigenvalue weighted by Crippen LogP contribution is -2.36. The number of nitrogens with one attached hydrogen (secondary N) is 2. The smallest absolute Gasteiger partial charge is 0.256 e. The molecule has 1 saturated carbocycles. The maximum atomic E-state index is 12.8. The summed E-state index contributed by atoms with van der Waals surface area (Å²) in [6.45, 7) is 0. The third-order valence-electron chi connectivity index (χ3n) is 5.31. The van der Waals surface area contributed by atoms with Crippen molar-refractivity contribution in [1.82, 2.24) is 5.32 Å². The number of carbonyl (C=O) groups is 2. The Morgan fingerprint density at radius 2 is 1.63 bits per heavy atom. The number of carbonyl (C=O) groups excluding carboxylic acids is 2. The molecule has 0 aliphatic heterocycles. The molecule has 0 unspecified atom stereocenters. The highest BCUT2D eigenvalue weighted by Crippen LogP contribution is 2.24. The maximum absolute atomic E-state index is 12.8. The number of hydrogen-bond acceptors (Lipinski definition) is 4. The average Bonchev–Trinajstić information content (AvgIpc) is 2.75. The maximum Gasteiger partial charge on any atom is 0.256 e. The molecule has 1 aliphatic carbocycles. The second kappa shape index (κ2) is 11.6. The number of benzene rings is 2. The van der Waals surface area contributed by atoms with E-state index in [0.29, 0.717) is 17.0 Å².